The lowest BCUT2D eigenvalue weighted by Gasteiger charge is -2.18. The van der Waals surface area contributed by atoms with Gasteiger partial charge in [0.05, 0.1) is 31.5 Å². The van der Waals surface area contributed by atoms with Crippen molar-refractivity contribution in [2.75, 3.05) is 13.7 Å². The van der Waals surface area contributed by atoms with Crippen LogP contribution in [0.15, 0.2) is 47.3 Å². The third kappa shape index (κ3) is 4.96. The second kappa shape index (κ2) is 10.5. The highest BCUT2D eigenvalue weighted by molar-refractivity contribution is 5.81. The maximum atomic E-state index is 14.5. The lowest BCUT2D eigenvalue weighted by Crippen LogP contribution is -2.25. The van der Waals surface area contributed by atoms with Gasteiger partial charge in [-0.1, -0.05) is 56.0 Å². The summed E-state index contributed by atoms with van der Waals surface area (Å²) in [4.78, 5) is 21.7. The Kier molecular flexibility index (Phi) is 7.27. The maximum absolute atomic E-state index is 14.5. The zero-order valence-electron chi connectivity index (χ0n) is 19.5. The van der Waals surface area contributed by atoms with Crippen LogP contribution in [0.25, 0.3) is 27.2 Å². The van der Waals surface area contributed by atoms with Crippen molar-refractivity contribution in [2.45, 2.75) is 38.5 Å². The van der Waals surface area contributed by atoms with Gasteiger partial charge in [0.1, 0.15) is 0 Å². The summed E-state index contributed by atoms with van der Waals surface area (Å²) in [5.74, 6) is -0.0268. The molecule has 1 heterocycles. The number of ether oxygens (including phenoxy) is 2. The molecule has 0 N–H and O–H groups in total. The van der Waals surface area contributed by atoms with Crippen LogP contribution in [0.4, 0.5) is 10.1 Å². The highest BCUT2D eigenvalue weighted by Gasteiger charge is 2.21. The van der Waals surface area contributed by atoms with E-state index in [1.54, 1.807) is 37.4 Å². The Morgan fingerprint density at radius 1 is 1.09 bits per heavy atom. The smallest absolute Gasteiger partial charge is 0.299 e. The van der Waals surface area contributed by atoms with Crippen LogP contribution in [0.1, 0.15) is 38.5 Å². The predicted octanol–water partition coefficient (Wildman–Crippen LogP) is 6.16. The second-order valence-electron chi connectivity index (χ2n) is 8.66. The number of hydrogen-bond donors (Lipinski definition) is 0. The Bertz CT molecular complexity index is 1250. The molecular weight excluding hydrogens is 433 g/mol. The van der Waals surface area contributed by atoms with Gasteiger partial charge in [-0.3, -0.25) is 9.36 Å². The molecule has 176 valence electrons. The highest BCUT2D eigenvalue weighted by atomic mass is 19.1. The van der Waals surface area contributed by atoms with Crippen molar-refractivity contribution in [3.63, 3.8) is 0 Å². The summed E-state index contributed by atoms with van der Waals surface area (Å²) in [6.07, 6.45) is 7.13. The number of methoxy groups -OCH3 is 1. The van der Waals surface area contributed by atoms with Crippen LogP contribution in [0.2, 0.25) is 0 Å². The maximum Gasteiger partial charge on any atom is 0.299 e. The molecule has 0 unspecified atom stereocenters. The molecule has 0 spiro atoms. The first-order valence-electron chi connectivity index (χ1n) is 11.6. The van der Waals surface area contributed by atoms with Gasteiger partial charge in [-0.15, -0.1) is 0 Å². The van der Waals surface area contributed by atoms with Crippen LogP contribution in [0, 0.1) is 18.3 Å². The predicted molar refractivity (Wildman–Crippen MR) is 130 cm³/mol. The van der Waals surface area contributed by atoms with E-state index < -0.39 is 5.82 Å². The van der Waals surface area contributed by atoms with Gasteiger partial charge >= 0.3 is 0 Å². The monoisotopic (exact) mass is 461 g/mol. The Balaban J connectivity index is 1.79. The van der Waals surface area contributed by atoms with Crippen LogP contribution in [-0.4, -0.2) is 23.3 Å². The van der Waals surface area contributed by atoms with Crippen LogP contribution < -0.4 is 15.0 Å². The Labute approximate surface area is 198 Å². The van der Waals surface area contributed by atoms with Gasteiger partial charge < -0.3 is 9.47 Å². The number of aromatic nitrogens is 2. The fourth-order valence-corrected chi connectivity index (χ4v) is 4.42. The number of hydrogen-bond acceptors (Lipinski definition) is 4. The molecule has 1 aromatic heterocycles. The normalized spacial score (nSPS) is 14.3. The topological polar surface area (TPSA) is 57.7 Å². The number of benzene rings is 2. The van der Waals surface area contributed by atoms with E-state index in [9.17, 15) is 9.18 Å². The molecule has 6 nitrogen and oxygen atoms in total. The summed E-state index contributed by atoms with van der Waals surface area (Å²) in [5, 5.41) is 0. The van der Waals surface area contributed by atoms with Gasteiger partial charge in [0.15, 0.2) is 17.3 Å². The molecule has 1 aliphatic rings. The third-order valence-electron chi connectivity index (χ3n) is 6.38. The Hall–Kier alpha value is -3.66. The molecule has 3 aromatic rings. The molecule has 2 aromatic carbocycles. The Morgan fingerprint density at radius 3 is 2.38 bits per heavy atom. The number of halogens is 1. The molecule has 0 saturated heterocycles. The van der Waals surface area contributed by atoms with E-state index in [2.05, 4.69) is 4.85 Å². The fraction of sp³-hybridized carbons (Fsp3) is 0.370. The van der Waals surface area contributed by atoms with Gasteiger partial charge in [-0.2, -0.15) is 4.98 Å². The van der Waals surface area contributed by atoms with Crippen LogP contribution in [0.5, 0.6) is 11.8 Å². The molecule has 0 aliphatic heterocycles. The lowest BCUT2D eigenvalue weighted by molar-refractivity contribution is 0.209. The standard InChI is InChI=1S/C27H28FN3O3/c1-29-21-13-10-19(11-14-21)25-24(20-12-15-23(33-3)22(28)16-20)26(32)31(2)27(30-25)34-17-18-8-6-4-5-7-9-18/h10-16,18H,4-9,17H2,2-3H3. The van der Waals surface area contributed by atoms with Crippen molar-refractivity contribution >= 4 is 5.69 Å². The second-order valence-corrected chi connectivity index (χ2v) is 8.66. The van der Waals surface area contributed by atoms with E-state index in [4.69, 9.17) is 21.0 Å². The molecule has 0 amide bonds. The lowest BCUT2D eigenvalue weighted by atomic mass is 10.00. The van der Waals surface area contributed by atoms with Gasteiger partial charge in [0, 0.05) is 7.05 Å². The SMILES string of the molecule is [C-]#[N+]c1ccc(-c2nc(OCC3CCCCCC3)n(C)c(=O)c2-c2ccc(OC)c(F)c2)cc1. The van der Waals surface area contributed by atoms with Crippen molar-refractivity contribution in [3.05, 3.63) is 70.1 Å². The zero-order valence-corrected chi connectivity index (χ0v) is 19.5. The largest absolute Gasteiger partial charge is 0.494 e. The van der Waals surface area contributed by atoms with E-state index in [-0.39, 0.29) is 22.9 Å². The molecule has 0 bridgehead atoms. The van der Waals surface area contributed by atoms with E-state index in [0.717, 1.165) is 12.8 Å². The molecule has 0 radical (unpaired) electrons. The quantitative estimate of drug-likeness (QED) is 0.326. The third-order valence-corrected chi connectivity index (χ3v) is 6.38. The van der Waals surface area contributed by atoms with E-state index in [0.29, 0.717) is 35.0 Å². The minimum absolute atomic E-state index is 0.0971. The number of rotatable bonds is 6. The van der Waals surface area contributed by atoms with Crippen molar-refractivity contribution in [1.82, 2.24) is 9.55 Å². The minimum atomic E-state index is -0.565. The molecule has 34 heavy (non-hydrogen) atoms. The first-order chi connectivity index (χ1) is 16.5. The van der Waals surface area contributed by atoms with Crippen molar-refractivity contribution < 1.29 is 13.9 Å². The summed E-state index contributed by atoms with van der Waals surface area (Å²) < 4.78 is 27.0. The van der Waals surface area contributed by atoms with E-state index in [1.807, 2.05) is 0 Å². The molecular formula is C27H28FN3O3. The average molecular weight is 462 g/mol. The van der Waals surface area contributed by atoms with E-state index in [1.165, 1.54) is 49.5 Å². The van der Waals surface area contributed by atoms with Crippen LogP contribution in [0.3, 0.4) is 0 Å². The van der Waals surface area contributed by atoms with Gasteiger partial charge in [0.25, 0.3) is 11.6 Å². The van der Waals surface area contributed by atoms with Crippen molar-refractivity contribution in [1.29, 1.82) is 0 Å². The fourth-order valence-electron chi connectivity index (χ4n) is 4.42. The Morgan fingerprint density at radius 2 is 1.76 bits per heavy atom. The molecule has 7 heteroatoms. The molecule has 1 saturated carbocycles. The van der Waals surface area contributed by atoms with Crippen molar-refractivity contribution in [2.24, 2.45) is 13.0 Å². The number of nitrogens with zero attached hydrogens (tertiary/aromatic N) is 3. The average Bonchev–Trinajstić information content (AvgIpc) is 3.14. The zero-order chi connectivity index (χ0) is 24.1. The minimum Gasteiger partial charge on any atom is -0.494 e. The van der Waals surface area contributed by atoms with Gasteiger partial charge in [-0.25, -0.2) is 9.24 Å². The summed E-state index contributed by atoms with van der Waals surface area (Å²) in [6, 6.07) is 11.5. The molecule has 4 rings (SSSR count). The van der Waals surface area contributed by atoms with Crippen molar-refractivity contribution in [3.8, 4) is 34.1 Å². The van der Waals surface area contributed by atoms with E-state index >= 15 is 0 Å². The molecule has 1 fully saturated rings. The van der Waals surface area contributed by atoms with Crippen LogP contribution >= 0.6 is 0 Å². The van der Waals surface area contributed by atoms with Crippen LogP contribution in [-0.2, 0) is 7.05 Å². The molecule has 0 atom stereocenters. The summed E-state index contributed by atoms with van der Waals surface area (Å²) in [6.45, 7) is 7.71. The summed E-state index contributed by atoms with van der Waals surface area (Å²) in [5.41, 5.74) is 1.84. The summed E-state index contributed by atoms with van der Waals surface area (Å²) in [7, 11) is 3.01. The summed E-state index contributed by atoms with van der Waals surface area (Å²) >= 11 is 0. The van der Waals surface area contributed by atoms with Gasteiger partial charge in [-0.05, 0) is 42.0 Å². The molecule has 1 aliphatic carbocycles. The van der Waals surface area contributed by atoms with Gasteiger partial charge in [0.2, 0.25) is 0 Å². The first kappa shape index (κ1) is 23.5. The highest BCUT2D eigenvalue weighted by Crippen LogP contribution is 2.33. The first-order valence-corrected chi connectivity index (χ1v) is 11.6.